The fourth-order valence-electron chi connectivity index (χ4n) is 3.68. The van der Waals surface area contributed by atoms with Crippen LogP contribution >= 0.6 is 11.6 Å². The van der Waals surface area contributed by atoms with E-state index in [0.29, 0.717) is 11.4 Å². The lowest BCUT2D eigenvalue weighted by Gasteiger charge is -2.23. The van der Waals surface area contributed by atoms with Crippen molar-refractivity contribution in [1.82, 2.24) is 9.88 Å². The Hall–Kier alpha value is -3.17. The molecule has 0 spiro atoms. The summed E-state index contributed by atoms with van der Waals surface area (Å²) in [4.78, 5) is 26.9. The molecule has 2 aromatic carbocycles. The number of ether oxygens (including phenoxy) is 3. The van der Waals surface area contributed by atoms with E-state index < -0.39 is 23.7 Å². The molecule has 0 fully saturated rings. The van der Waals surface area contributed by atoms with E-state index in [9.17, 15) is 14.7 Å². The molecule has 0 bridgehead atoms. The average molecular weight is 515 g/mol. The SMILES string of the molecule is CCC(O)c1cn(CC(OC)OC)c(C(=O)NCc2cccc(Cl)c2)c(OCc2ccccc2)c1=O. The number of carbonyl (C=O) groups is 1. The third kappa shape index (κ3) is 6.95. The van der Waals surface area contributed by atoms with Gasteiger partial charge in [-0.2, -0.15) is 0 Å². The van der Waals surface area contributed by atoms with Gasteiger partial charge in [-0.3, -0.25) is 9.59 Å². The first kappa shape index (κ1) is 27.4. The van der Waals surface area contributed by atoms with Crippen LogP contribution in [0.5, 0.6) is 5.75 Å². The van der Waals surface area contributed by atoms with Gasteiger partial charge in [-0.25, -0.2) is 0 Å². The third-order valence-electron chi connectivity index (χ3n) is 5.67. The number of hydrogen-bond donors (Lipinski definition) is 2. The number of rotatable bonds is 12. The maximum Gasteiger partial charge on any atom is 0.272 e. The van der Waals surface area contributed by atoms with Gasteiger partial charge in [0.25, 0.3) is 5.91 Å². The highest BCUT2D eigenvalue weighted by molar-refractivity contribution is 6.30. The summed E-state index contributed by atoms with van der Waals surface area (Å²) in [5.41, 5.74) is 1.20. The minimum Gasteiger partial charge on any atom is -0.483 e. The topological polar surface area (TPSA) is 99.0 Å². The number of aromatic nitrogens is 1. The highest BCUT2D eigenvalue weighted by Gasteiger charge is 2.26. The van der Waals surface area contributed by atoms with Crippen molar-refractivity contribution in [2.75, 3.05) is 14.2 Å². The third-order valence-corrected chi connectivity index (χ3v) is 5.90. The first-order valence-electron chi connectivity index (χ1n) is 11.6. The van der Waals surface area contributed by atoms with E-state index in [1.165, 1.54) is 25.0 Å². The van der Waals surface area contributed by atoms with Crippen LogP contribution < -0.4 is 15.5 Å². The molecule has 0 aliphatic heterocycles. The Labute approximate surface area is 215 Å². The summed E-state index contributed by atoms with van der Waals surface area (Å²) in [5, 5.41) is 13.9. The average Bonchev–Trinajstić information content (AvgIpc) is 2.90. The first-order chi connectivity index (χ1) is 17.4. The predicted octanol–water partition coefficient (Wildman–Crippen LogP) is 4.07. The number of pyridine rings is 1. The van der Waals surface area contributed by atoms with Crippen LogP contribution in [0.25, 0.3) is 0 Å². The van der Waals surface area contributed by atoms with E-state index in [4.69, 9.17) is 25.8 Å². The molecule has 0 aliphatic rings. The van der Waals surface area contributed by atoms with Gasteiger partial charge < -0.3 is 29.2 Å². The van der Waals surface area contributed by atoms with E-state index in [0.717, 1.165) is 11.1 Å². The Morgan fingerprint density at radius 1 is 1.08 bits per heavy atom. The maximum atomic E-state index is 13.5. The summed E-state index contributed by atoms with van der Waals surface area (Å²) in [6, 6.07) is 16.4. The van der Waals surface area contributed by atoms with Crippen LogP contribution in [0.3, 0.4) is 0 Å². The van der Waals surface area contributed by atoms with Gasteiger partial charge in [0.15, 0.2) is 17.7 Å². The fourth-order valence-corrected chi connectivity index (χ4v) is 3.89. The second-order valence-corrected chi connectivity index (χ2v) is 8.59. The summed E-state index contributed by atoms with van der Waals surface area (Å²) in [5.74, 6) is -0.683. The van der Waals surface area contributed by atoms with E-state index >= 15 is 0 Å². The lowest BCUT2D eigenvalue weighted by molar-refractivity contribution is -0.111. The number of benzene rings is 2. The summed E-state index contributed by atoms with van der Waals surface area (Å²) in [7, 11) is 2.95. The Morgan fingerprint density at radius 2 is 1.78 bits per heavy atom. The summed E-state index contributed by atoms with van der Waals surface area (Å²) in [6.07, 6.45) is 0.0344. The number of hydrogen-bond acceptors (Lipinski definition) is 6. The van der Waals surface area contributed by atoms with Crippen molar-refractivity contribution >= 4 is 17.5 Å². The van der Waals surface area contributed by atoms with Crippen LogP contribution in [0, 0.1) is 0 Å². The number of aliphatic hydroxyl groups is 1. The predicted molar refractivity (Wildman–Crippen MR) is 137 cm³/mol. The van der Waals surface area contributed by atoms with Gasteiger partial charge in [-0.05, 0) is 29.7 Å². The van der Waals surface area contributed by atoms with Crippen LogP contribution in [-0.2, 0) is 29.2 Å². The molecule has 8 nitrogen and oxygen atoms in total. The first-order valence-corrected chi connectivity index (χ1v) is 12.0. The second-order valence-electron chi connectivity index (χ2n) is 8.16. The van der Waals surface area contributed by atoms with Crippen molar-refractivity contribution in [3.8, 4) is 5.75 Å². The number of halogens is 1. The monoisotopic (exact) mass is 514 g/mol. The molecule has 1 heterocycles. The van der Waals surface area contributed by atoms with Crippen molar-refractivity contribution in [1.29, 1.82) is 0 Å². The van der Waals surface area contributed by atoms with Gasteiger partial charge in [0.2, 0.25) is 5.43 Å². The van der Waals surface area contributed by atoms with Gasteiger partial charge in [0.1, 0.15) is 6.61 Å². The minimum atomic E-state index is -1.03. The molecule has 2 N–H and O–H groups in total. The molecule has 36 heavy (non-hydrogen) atoms. The molecule has 3 rings (SSSR count). The molecule has 3 aromatic rings. The number of nitrogens with one attached hydrogen (secondary N) is 1. The van der Waals surface area contributed by atoms with Gasteiger partial charge >= 0.3 is 0 Å². The molecule has 1 atom stereocenters. The van der Waals surface area contributed by atoms with Crippen molar-refractivity contribution < 1.29 is 24.1 Å². The standard InChI is InChI=1S/C27H31ClN2O6/c1-4-22(31)21-15-30(16-23(34-2)35-3)24(27(33)29-14-19-11-8-12-20(28)13-19)26(25(21)32)36-17-18-9-6-5-7-10-18/h5-13,15,22-23,31H,4,14,16-17H2,1-3H3,(H,29,33). The van der Waals surface area contributed by atoms with Crippen LogP contribution in [-0.4, -0.2) is 36.1 Å². The lowest BCUT2D eigenvalue weighted by Crippen LogP contribution is -2.34. The zero-order valence-electron chi connectivity index (χ0n) is 20.6. The zero-order chi connectivity index (χ0) is 26.1. The zero-order valence-corrected chi connectivity index (χ0v) is 21.3. The largest absolute Gasteiger partial charge is 0.483 e. The van der Waals surface area contributed by atoms with Gasteiger partial charge in [-0.1, -0.05) is 61.0 Å². The molecule has 0 aliphatic carbocycles. The molecule has 0 radical (unpaired) electrons. The van der Waals surface area contributed by atoms with Crippen molar-refractivity contribution in [3.63, 3.8) is 0 Å². The number of aliphatic hydroxyl groups excluding tert-OH is 1. The smallest absolute Gasteiger partial charge is 0.272 e. The summed E-state index contributed by atoms with van der Waals surface area (Å²) >= 11 is 6.07. The van der Waals surface area contributed by atoms with E-state index in [2.05, 4.69) is 5.32 Å². The number of amides is 1. The highest BCUT2D eigenvalue weighted by Crippen LogP contribution is 2.23. The fraction of sp³-hybridized carbons (Fsp3) is 0.333. The summed E-state index contributed by atoms with van der Waals surface area (Å²) in [6.45, 7) is 2.09. The Morgan fingerprint density at radius 3 is 2.42 bits per heavy atom. The lowest BCUT2D eigenvalue weighted by atomic mass is 10.1. The minimum absolute atomic E-state index is 0.00381. The Bertz CT molecular complexity index is 1210. The molecule has 1 unspecified atom stereocenters. The van der Waals surface area contributed by atoms with E-state index in [1.807, 2.05) is 36.4 Å². The summed E-state index contributed by atoms with van der Waals surface area (Å²) < 4.78 is 18.2. The van der Waals surface area contributed by atoms with Gasteiger partial charge in [-0.15, -0.1) is 0 Å². The quantitative estimate of drug-likeness (QED) is 0.353. The second kappa shape index (κ2) is 13.2. The molecular formula is C27H31ClN2O6. The number of methoxy groups -OCH3 is 2. The van der Waals surface area contributed by atoms with Crippen LogP contribution in [0.2, 0.25) is 5.02 Å². The number of nitrogens with zero attached hydrogens (tertiary/aromatic N) is 1. The molecule has 0 saturated heterocycles. The number of carbonyl (C=O) groups excluding carboxylic acids is 1. The molecule has 1 aromatic heterocycles. The van der Waals surface area contributed by atoms with Crippen LogP contribution in [0.4, 0.5) is 0 Å². The van der Waals surface area contributed by atoms with Crippen molar-refractivity contribution in [3.05, 3.63) is 98.4 Å². The Kier molecular flexibility index (Phi) is 10.1. The van der Waals surface area contributed by atoms with E-state index in [-0.39, 0.29) is 36.7 Å². The highest BCUT2D eigenvalue weighted by atomic mass is 35.5. The molecule has 1 amide bonds. The normalized spacial score (nSPS) is 11.9. The van der Waals surface area contributed by atoms with Crippen LogP contribution in [0.1, 0.15) is 46.6 Å². The van der Waals surface area contributed by atoms with Gasteiger partial charge in [0, 0.05) is 37.5 Å². The van der Waals surface area contributed by atoms with Crippen LogP contribution in [0.15, 0.2) is 65.6 Å². The molecule has 192 valence electrons. The Balaban J connectivity index is 2.07. The molecule has 0 saturated carbocycles. The van der Waals surface area contributed by atoms with E-state index in [1.54, 1.807) is 25.1 Å². The van der Waals surface area contributed by atoms with Crippen molar-refractivity contribution in [2.45, 2.75) is 45.4 Å². The van der Waals surface area contributed by atoms with Gasteiger partial charge in [0.05, 0.1) is 12.6 Å². The van der Waals surface area contributed by atoms with Crippen molar-refractivity contribution in [2.24, 2.45) is 0 Å². The molecule has 9 heteroatoms. The molecular weight excluding hydrogens is 484 g/mol. The maximum absolute atomic E-state index is 13.5.